The summed E-state index contributed by atoms with van der Waals surface area (Å²) in [4.78, 5) is 0. The van der Waals surface area contributed by atoms with Crippen molar-refractivity contribution < 1.29 is 0 Å². The molecule has 2 aliphatic rings. The molecule has 2 nitrogen and oxygen atoms in total. The van der Waals surface area contributed by atoms with Gasteiger partial charge < -0.3 is 11.5 Å². The summed E-state index contributed by atoms with van der Waals surface area (Å²) in [5, 5.41) is 0. The number of hydrogen-bond acceptors (Lipinski definition) is 2. The van der Waals surface area contributed by atoms with Gasteiger partial charge in [-0.2, -0.15) is 0 Å². The molecule has 0 saturated heterocycles. The molecule has 4 N–H and O–H groups in total. The third kappa shape index (κ3) is 2.98. The molecule has 94 valence electrons. The number of nitrogens with two attached hydrogens (primary N) is 2. The number of hydrogen-bond donors (Lipinski definition) is 2. The fourth-order valence-corrected chi connectivity index (χ4v) is 3.87. The lowest BCUT2D eigenvalue weighted by Gasteiger charge is -2.38. The summed E-state index contributed by atoms with van der Waals surface area (Å²) in [6.45, 7) is 2.45. The van der Waals surface area contributed by atoms with Gasteiger partial charge in [-0.25, -0.2) is 0 Å². The van der Waals surface area contributed by atoms with Gasteiger partial charge in [0.2, 0.25) is 0 Å². The van der Waals surface area contributed by atoms with Gasteiger partial charge in [-0.15, -0.1) is 0 Å². The van der Waals surface area contributed by atoms with Crippen LogP contribution in [0.25, 0.3) is 0 Å². The van der Waals surface area contributed by atoms with E-state index in [4.69, 9.17) is 11.5 Å². The van der Waals surface area contributed by atoms with E-state index in [0.29, 0.717) is 12.1 Å². The van der Waals surface area contributed by atoms with Crippen molar-refractivity contribution in [2.45, 2.75) is 70.4 Å². The molecule has 0 spiro atoms. The van der Waals surface area contributed by atoms with E-state index in [1.165, 1.54) is 51.4 Å². The van der Waals surface area contributed by atoms with Crippen LogP contribution < -0.4 is 11.5 Å². The zero-order chi connectivity index (χ0) is 11.5. The molecule has 0 amide bonds. The maximum absolute atomic E-state index is 6.10. The van der Waals surface area contributed by atoms with Crippen LogP contribution in [0, 0.1) is 17.8 Å². The van der Waals surface area contributed by atoms with Crippen molar-refractivity contribution in [2.24, 2.45) is 29.2 Å². The van der Waals surface area contributed by atoms with E-state index in [0.717, 1.165) is 17.8 Å². The zero-order valence-electron chi connectivity index (χ0n) is 10.7. The fraction of sp³-hybridized carbons (Fsp3) is 1.00. The monoisotopic (exact) mass is 224 g/mol. The largest absolute Gasteiger partial charge is 0.328 e. The molecule has 2 heteroatoms. The van der Waals surface area contributed by atoms with E-state index in [9.17, 15) is 0 Å². The van der Waals surface area contributed by atoms with Crippen LogP contribution in [-0.4, -0.2) is 12.1 Å². The Labute approximate surface area is 100 Å². The first-order chi connectivity index (χ1) is 7.66. The second-order valence-corrected chi connectivity index (χ2v) is 6.23. The van der Waals surface area contributed by atoms with Crippen molar-refractivity contribution in [3.8, 4) is 0 Å². The molecule has 2 aliphatic carbocycles. The van der Waals surface area contributed by atoms with Crippen molar-refractivity contribution in [2.75, 3.05) is 0 Å². The molecule has 0 aromatic carbocycles. The average molecular weight is 224 g/mol. The lowest BCUT2D eigenvalue weighted by Crippen LogP contribution is -2.36. The fourth-order valence-electron chi connectivity index (χ4n) is 3.87. The Morgan fingerprint density at radius 1 is 0.812 bits per heavy atom. The maximum atomic E-state index is 6.10. The minimum Gasteiger partial charge on any atom is -0.328 e. The van der Waals surface area contributed by atoms with E-state index in [1.807, 2.05) is 0 Å². The summed E-state index contributed by atoms with van der Waals surface area (Å²) in [6.07, 6.45) is 10.5. The van der Waals surface area contributed by atoms with E-state index in [1.54, 1.807) is 0 Å². The molecular formula is C14H28N2. The summed E-state index contributed by atoms with van der Waals surface area (Å²) < 4.78 is 0. The quantitative estimate of drug-likeness (QED) is 0.757. The van der Waals surface area contributed by atoms with Crippen LogP contribution in [0.5, 0.6) is 0 Å². The van der Waals surface area contributed by atoms with Gasteiger partial charge in [0.05, 0.1) is 0 Å². The summed E-state index contributed by atoms with van der Waals surface area (Å²) in [6, 6.07) is 0.942. The highest BCUT2D eigenvalue weighted by atomic mass is 14.7. The minimum absolute atomic E-state index is 0.471. The predicted octanol–water partition coefficient (Wildman–Crippen LogP) is 2.66. The van der Waals surface area contributed by atoms with Gasteiger partial charge in [-0.05, 0) is 43.4 Å². The first kappa shape index (κ1) is 12.4. The molecule has 0 heterocycles. The van der Waals surface area contributed by atoms with Crippen LogP contribution in [0.1, 0.15) is 58.3 Å². The Morgan fingerprint density at radius 2 is 1.25 bits per heavy atom. The zero-order valence-corrected chi connectivity index (χ0v) is 10.7. The van der Waals surface area contributed by atoms with Crippen LogP contribution in [0.3, 0.4) is 0 Å². The first-order valence-corrected chi connectivity index (χ1v) is 7.18. The molecule has 4 unspecified atom stereocenters. The van der Waals surface area contributed by atoms with Gasteiger partial charge in [0.1, 0.15) is 0 Å². The normalized spacial score (nSPS) is 42.9. The SMILES string of the molecule is CC(C1CCCC(N)C1)C1CCCC(N)C1. The Bertz CT molecular complexity index is 195. The lowest BCUT2D eigenvalue weighted by molar-refractivity contribution is 0.143. The van der Waals surface area contributed by atoms with Crippen LogP contribution in [0.2, 0.25) is 0 Å². The average Bonchev–Trinajstić information content (AvgIpc) is 2.28. The van der Waals surface area contributed by atoms with Crippen molar-refractivity contribution in [1.29, 1.82) is 0 Å². The van der Waals surface area contributed by atoms with Crippen molar-refractivity contribution >= 4 is 0 Å². The van der Waals surface area contributed by atoms with Gasteiger partial charge in [0.25, 0.3) is 0 Å². The molecule has 4 atom stereocenters. The predicted molar refractivity (Wildman–Crippen MR) is 69.0 cm³/mol. The Balaban J connectivity index is 1.87. The lowest BCUT2D eigenvalue weighted by atomic mass is 9.69. The molecule has 0 aromatic rings. The topological polar surface area (TPSA) is 52.0 Å². The first-order valence-electron chi connectivity index (χ1n) is 7.18. The molecule has 0 aliphatic heterocycles. The van der Waals surface area contributed by atoms with E-state index < -0.39 is 0 Å². The Kier molecular flexibility index (Phi) is 4.26. The summed E-state index contributed by atoms with van der Waals surface area (Å²) in [5.74, 6) is 2.59. The molecule has 2 fully saturated rings. The van der Waals surface area contributed by atoms with Crippen molar-refractivity contribution in [1.82, 2.24) is 0 Å². The second kappa shape index (κ2) is 5.50. The van der Waals surface area contributed by atoms with E-state index in [2.05, 4.69) is 6.92 Å². The highest BCUT2D eigenvalue weighted by molar-refractivity contribution is 4.85. The van der Waals surface area contributed by atoms with Crippen molar-refractivity contribution in [3.63, 3.8) is 0 Å². The van der Waals surface area contributed by atoms with Crippen molar-refractivity contribution in [3.05, 3.63) is 0 Å². The molecular weight excluding hydrogens is 196 g/mol. The Morgan fingerprint density at radius 3 is 1.62 bits per heavy atom. The summed E-state index contributed by atoms with van der Waals surface area (Å²) >= 11 is 0. The van der Waals surface area contributed by atoms with E-state index >= 15 is 0 Å². The summed E-state index contributed by atoms with van der Waals surface area (Å²) in [7, 11) is 0. The van der Waals surface area contributed by atoms with Gasteiger partial charge >= 0.3 is 0 Å². The third-order valence-electron chi connectivity index (χ3n) is 5.00. The smallest absolute Gasteiger partial charge is 0.00415 e. The summed E-state index contributed by atoms with van der Waals surface area (Å²) in [5.41, 5.74) is 12.2. The van der Waals surface area contributed by atoms with Crippen LogP contribution in [0.4, 0.5) is 0 Å². The van der Waals surface area contributed by atoms with Gasteiger partial charge in [-0.3, -0.25) is 0 Å². The standard InChI is InChI=1S/C14H28N2/c1-10(11-4-2-6-13(15)8-11)12-5-3-7-14(16)9-12/h10-14H,2-9,15-16H2,1H3. The van der Waals surface area contributed by atoms with Gasteiger partial charge in [0.15, 0.2) is 0 Å². The molecule has 0 radical (unpaired) electrons. The molecule has 0 aromatic heterocycles. The highest BCUT2D eigenvalue weighted by Crippen LogP contribution is 2.38. The van der Waals surface area contributed by atoms with Gasteiger partial charge in [0, 0.05) is 12.1 Å². The Hall–Kier alpha value is -0.0800. The third-order valence-corrected chi connectivity index (χ3v) is 5.00. The molecule has 0 bridgehead atoms. The molecule has 2 saturated carbocycles. The van der Waals surface area contributed by atoms with Gasteiger partial charge in [-0.1, -0.05) is 32.6 Å². The number of rotatable bonds is 2. The maximum Gasteiger partial charge on any atom is 0.00415 e. The van der Waals surface area contributed by atoms with E-state index in [-0.39, 0.29) is 0 Å². The van der Waals surface area contributed by atoms with Crippen LogP contribution in [-0.2, 0) is 0 Å². The second-order valence-electron chi connectivity index (χ2n) is 6.23. The minimum atomic E-state index is 0.471. The van der Waals surface area contributed by atoms with Crippen LogP contribution in [0.15, 0.2) is 0 Å². The molecule has 2 rings (SSSR count). The molecule has 16 heavy (non-hydrogen) atoms. The highest BCUT2D eigenvalue weighted by Gasteiger charge is 2.31. The van der Waals surface area contributed by atoms with Crippen LogP contribution >= 0.6 is 0 Å².